The molecule has 24 heavy (non-hydrogen) atoms. The van der Waals surface area contributed by atoms with E-state index in [2.05, 4.69) is 20.9 Å². The SMILES string of the molecule is O=C(c1cc(N2CCOCC2)cc[nH+]1)N1CC[C@H]2CCCC[C@@H]2C1. The van der Waals surface area contributed by atoms with Gasteiger partial charge in [-0.05, 0) is 24.7 Å². The van der Waals surface area contributed by atoms with Gasteiger partial charge in [0.1, 0.15) is 0 Å². The molecule has 1 N–H and O–H groups in total. The van der Waals surface area contributed by atoms with Crippen molar-refractivity contribution in [2.24, 2.45) is 11.8 Å². The molecule has 3 aliphatic rings. The second kappa shape index (κ2) is 7.09. The van der Waals surface area contributed by atoms with Crippen molar-refractivity contribution >= 4 is 11.6 Å². The molecule has 1 amide bonds. The lowest BCUT2D eigenvalue weighted by Crippen LogP contribution is -2.46. The van der Waals surface area contributed by atoms with Crippen LogP contribution >= 0.6 is 0 Å². The Morgan fingerprint density at radius 2 is 1.88 bits per heavy atom. The Bertz CT molecular complexity index is 586. The summed E-state index contributed by atoms with van der Waals surface area (Å²) < 4.78 is 5.42. The number of rotatable bonds is 2. The number of carbonyl (C=O) groups excluding carboxylic acids is 1. The number of nitrogens with one attached hydrogen (secondary N) is 1. The van der Waals surface area contributed by atoms with Gasteiger partial charge in [0.2, 0.25) is 0 Å². The number of ether oxygens (including phenoxy) is 1. The van der Waals surface area contributed by atoms with Gasteiger partial charge < -0.3 is 14.5 Å². The fourth-order valence-electron chi connectivity index (χ4n) is 4.55. The third-order valence-corrected chi connectivity index (χ3v) is 5.97. The van der Waals surface area contributed by atoms with Gasteiger partial charge in [0, 0.05) is 44.0 Å². The van der Waals surface area contributed by atoms with Gasteiger partial charge in [-0.15, -0.1) is 0 Å². The van der Waals surface area contributed by atoms with E-state index in [9.17, 15) is 4.79 Å². The Balaban J connectivity index is 1.46. The second-order valence-corrected chi connectivity index (χ2v) is 7.40. The van der Waals surface area contributed by atoms with Crippen LogP contribution in [0.1, 0.15) is 42.6 Å². The van der Waals surface area contributed by atoms with E-state index in [0.29, 0.717) is 5.69 Å². The molecule has 1 aromatic heterocycles. The van der Waals surface area contributed by atoms with Crippen LogP contribution in [0.15, 0.2) is 18.3 Å². The Morgan fingerprint density at radius 3 is 2.71 bits per heavy atom. The smallest absolute Gasteiger partial charge is 0.318 e. The molecule has 0 unspecified atom stereocenters. The molecule has 2 saturated heterocycles. The number of piperidine rings is 1. The number of hydrogen-bond acceptors (Lipinski definition) is 3. The van der Waals surface area contributed by atoms with Crippen molar-refractivity contribution in [3.8, 4) is 0 Å². The van der Waals surface area contributed by atoms with Gasteiger partial charge in [-0.3, -0.25) is 4.79 Å². The highest BCUT2D eigenvalue weighted by atomic mass is 16.5. The van der Waals surface area contributed by atoms with Crippen molar-refractivity contribution in [1.29, 1.82) is 0 Å². The maximum Gasteiger partial charge on any atom is 0.318 e. The number of amides is 1. The van der Waals surface area contributed by atoms with Gasteiger partial charge in [-0.2, -0.15) is 0 Å². The summed E-state index contributed by atoms with van der Waals surface area (Å²) in [6.45, 7) is 5.17. The van der Waals surface area contributed by atoms with Crippen molar-refractivity contribution in [3.05, 3.63) is 24.0 Å². The molecular weight excluding hydrogens is 302 g/mol. The molecule has 130 valence electrons. The van der Waals surface area contributed by atoms with Gasteiger partial charge in [0.05, 0.1) is 13.2 Å². The van der Waals surface area contributed by atoms with E-state index < -0.39 is 0 Å². The minimum atomic E-state index is 0.161. The lowest BCUT2D eigenvalue weighted by atomic mass is 9.75. The van der Waals surface area contributed by atoms with Gasteiger partial charge in [-0.25, -0.2) is 4.98 Å². The summed E-state index contributed by atoms with van der Waals surface area (Å²) in [5, 5.41) is 0. The number of aromatic amines is 1. The van der Waals surface area contributed by atoms with E-state index in [1.54, 1.807) is 0 Å². The molecule has 1 aromatic rings. The number of hydrogen-bond donors (Lipinski definition) is 0. The van der Waals surface area contributed by atoms with Crippen LogP contribution in [0.2, 0.25) is 0 Å². The van der Waals surface area contributed by atoms with Gasteiger partial charge in [-0.1, -0.05) is 19.3 Å². The quantitative estimate of drug-likeness (QED) is 0.833. The van der Waals surface area contributed by atoms with Crippen LogP contribution in [0.4, 0.5) is 5.69 Å². The van der Waals surface area contributed by atoms with Crippen molar-refractivity contribution in [2.75, 3.05) is 44.3 Å². The van der Waals surface area contributed by atoms with E-state index >= 15 is 0 Å². The van der Waals surface area contributed by atoms with Crippen LogP contribution in [0, 0.1) is 11.8 Å². The number of likely N-dealkylation sites (tertiary alicyclic amines) is 1. The normalized spacial score (nSPS) is 27.7. The Labute approximate surface area is 144 Å². The fraction of sp³-hybridized carbons (Fsp3) is 0.684. The summed E-state index contributed by atoms with van der Waals surface area (Å²) in [6.07, 6.45) is 8.45. The lowest BCUT2D eigenvalue weighted by molar-refractivity contribution is -0.382. The lowest BCUT2D eigenvalue weighted by Gasteiger charge is -2.40. The zero-order valence-electron chi connectivity index (χ0n) is 14.4. The van der Waals surface area contributed by atoms with Crippen LogP contribution in [-0.4, -0.2) is 50.2 Å². The van der Waals surface area contributed by atoms with E-state index in [-0.39, 0.29) is 5.91 Å². The molecule has 3 fully saturated rings. The van der Waals surface area contributed by atoms with Gasteiger partial charge >= 0.3 is 5.91 Å². The predicted molar refractivity (Wildman–Crippen MR) is 92.0 cm³/mol. The summed E-state index contributed by atoms with van der Waals surface area (Å²) >= 11 is 0. The Hall–Kier alpha value is -1.62. The van der Waals surface area contributed by atoms with Gasteiger partial charge in [0.25, 0.3) is 5.69 Å². The van der Waals surface area contributed by atoms with Crippen LogP contribution in [0.3, 0.4) is 0 Å². The molecule has 0 bridgehead atoms. The Kier molecular flexibility index (Phi) is 4.69. The summed E-state index contributed by atoms with van der Waals surface area (Å²) in [6, 6.07) is 4.07. The molecule has 0 spiro atoms. The molecule has 5 nitrogen and oxygen atoms in total. The molecule has 1 saturated carbocycles. The highest BCUT2D eigenvalue weighted by Gasteiger charge is 2.34. The van der Waals surface area contributed by atoms with E-state index in [1.165, 1.54) is 32.1 Å². The first-order chi connectivity index (χ1) is 11.8. The maximum absolute atomic E-state index is 13.0. The van der Waals surface area contributed by atoms with Crippen LogP contribution < -0.4 is 9.88 Å². The van der Waals surface area contributed by atoms with Crippen LogP contribution in [0.25, 0.3) is 0 Å². The summed E-state index contributed by atoms with van der Waals surface area (Å²) in [7, 11) is 0. The molecule has 2 aliphatic heterocycles. The number of anilines is 1. The van der Waals surface area contributed by atoms with Crippen molar-refractivity contribution < 1.29 is 14.5 Å². The molecule has 0 radical (unpaired) electrons. The predicted octanol–water partition coefficient (Wildman–Crippen LogP) is 1.99. The third kappa shape index (κ3) is 3.27. The molecule has 3 heterocycles. The van der Waals surface area contributed by atoms with E-state index in [1.807, 2.05) is 12.3 Å². The fourth-order valence-corrected chi connectivity index (χ4v) is 4.55. The number of aromatic nitrogens is 1. The second-order valence-electron chi connectivity index (χ2n) is 7.40. The summed E-state index contributed by atoms with van der Waals surface area (Å²) in [5.74, 6) is 1.74. The molecule has 0 aromatic carbocycles. The van der Waals surface area contributed by atoms with E-state index in [4.69, 9.17) is 4.74 Å². The number of fused-ring (bicyclic) bond motifs is 1. The summed E-state index contributed by atoms with van der Waals surface area (Å²) in [4.78, 5) is 20.5. The highest BCUT2D eigenvalue weighted by Crippen LogP contribution is 2.36. The molecule has 1 aliphatic carbocycles. The zero-order chi connectivity index (χ0) is 16.4. The monoisotopic (exact) mass is 330 g/mol. The Morgan fingerprint density at radius 1 is 1.08 bits per heavy atom. The van der Waals surface area contributed by atoms with Crippen molar-refractivity contribution in [2.45, 2.75) is 32.1 Å². The average Bonchev–Trinajstić information content (AvgIpc) is 2.68. The van der Waals surface area contributed by atoms with Gasteiger partial charge in [0.15, 0.2) is 6.20 Å². The molecule has 5 heteroatoms. The average molecular weight is 330 g/mol. The third-order valence-electron chi connectivity index (χ3n) is 5.97. The number of nitrogens with zero attached hydrogens (tertiary/aromatic N) is 2. The summed E-state index contributed by atoms with van der Waals surface area (Å²) in [5.41, 5.74) is 1.83. The molecular formula is C19H28N3O2+. The first-order valence-corrected chi connectivity index (χ1v) is 9.45. The minimum absolute atomic E-state index is 0.161. The van der Waals surface area contributed by atoms with Crippen LogP contribution in [0.5, 0.6) is 0 Å². The minimum Gasteiger partial charge on any atom is -0.378 e. The number of morpholine rings is 1. The number of H-pyrrole nitrogens is 1. The number of pyridine rings is 1. The zero-order valence-corrected chi connectivity index (χ0v) is 14.4. The molecule has 4 rings (SSSR count). The largest absolute Gasteiger partial charge is 0.378 e. The van der Waals surface area contributed by atoms with Crippen molar-refractivity contribution in [1.82, 2.24) is 4.90 Å². The van der Waals surface area contributed by atoms with E-state index in [0.717, 1.165) is 56.9 Å². The van der Waals surface area contributed by atoms with Crippen molar-refractivity contribution in [3.63, 3.8) is 0 Å². The topological polar surface area (TPSA) is 46.9 Å². The standard InChI is InChI=1S/C19H27N3O2/c23-19(22-8-6-15-3-1-2-4-16(15)14-22)18-13-17(5-7-20-18)21-9-11-24-12-10-21/h5,7,13,15-16H,1-4,6,8-12,14H2/p+1/t15-,16-/m1/s1. The number of carbonyl (C=O) groups is 1. The highest BCUT2D eigenvalue weighted by molar-refractivity contribution is 5.91. The first-order valence-electron chi connectivity index (χ1n) is 9.45. The maximum atomic E-state index is 13.0. The van der Waals surface area contributed by atoms with Crippen LogP contribution in [-0.2, 0) is 4.74 Å². The molecule has 2 atom stereocenters. The first kappa shape index (κ1) is 15.9.